The van der Waals surface area contributed by atoms with Crippen LogP contribution in [0.3, 0.4) is 0 Å². The summed E-state index contributed by atoms with van der Waals surface area (Å²) in [7, 11) is 0. The molecular weight excluding hydrogens is 303 g/mol. The molecule has 3 aliphatic rings. The van der Waals surface area contributed by atoms with Gasteiger partial charge in [0.2, 0.25) is 0 Å². The molecule has 0 spiro atoms. The Balaban J connectivity index is 1.66. The van der Waals surface area contributed by atoms with Gasteiger partial charge in [-0.15, -0.1) is 11.6 Å². The molecule has 3 rings (SSSR count). The molecule has 0 aromatic carbocycles. The lowest BCUT2D eigenvalue weighted by atomic mass is 9.76. The highest BCUT2D eigenvalue weighted by atomic mass is 35.5. The molecule has 0 saturated heterocycles. The van der Waals surface area contributed by atoms with Gasteiger partial charge in [0, 0.05) is 12.0 Å². The molecule has 0 bridgehead atoms. The maximum atomic E-state index is 14.7. The van der Waals surface area contributed by atoms with Crippen LogP contribution in [-0.2, 0) is 4.74 Å². The summed E-state index contributed by atoms with van der Waals surface area (Å²) in [6, 6.07) is 0.723. The summed E-state index contributed by atoms with van der Waals surface area (Å²) in [6.45, 7) is 1.35. The molecule has 126 valence electrons. The van der Waals surface area contributed by atoms with E-state index >= 15 is 0 Å². The Morgan fingerprint density at radius 3 is 2.73 bits per heavy atom. The molecule has 1 aliphatic heterocycles. The minimum absolute atomic E-state index is 0.00919. The molecule has 4 atom stereocenters. The second-order valence-corrected chi connectivity index (χ2v) is 7.64. The number of aliphatic imine (C=N–C) groups is 1. The number of nitrogens with one attached hydrogen (secondary N) is 1. The van der Waals surface area contributed by atoms with Crippen LogP contribution in [0.25, 0.3) is 0 Å². The van der Waals surface area contributed by atoms with Crippen molar-refractivity contribution in [2.75, 3.05) is 13.2 Å². The molecule has 1 N–H and O–H groups in total. The van der Waals surface area contributed by atoms with Crippen LogP contribution in [-0.4, -0.2) is 36.8 Å². The summed E-state index contributed by atoms with van der Waals surface area (Å²) < 4.78 is 20.2. The summed E-state index contributed by atoms with van der Waals surface area (Å²) in [5.74, 6) is 0.696. The van der Waals surface area contributed by atoms with Crippen molar-refractivity contribution in [2.45, 2.75) is 75.4 Å². The van der Waals surface area contributed by atoms with Crippen molar-refractivity contribution < 1.29 is 9.13 Å². The maximum absolute atomic E-state index is 14.7. The summed E-state index contributed by atoms with van der Waals surface area (Å²) in [6.07, 6.45) is 9.38. The highest BCUT2D eigenvalue weighted by Gasteiger charge is 2.39. The molecule has 0 aromatic heterocycles. The van der Waals surface area contributed by atoms with Crippen LogP contribution in [0.4, 0.5) is 4.39 Å². The Hall–Kier alpha value is -0.510. The Bertz CT molecular complexity index is 387. The van der Waals surface area contributed by atoms with Crippen LogP contribution in [0.5, 0.6) is 0 Å². The first-order chi connectivity index (χ1) is 10.7. The number of amidine groups is 1. The smallest absolute Gasteiger partial charge is 0.285 e. The number of rotatable bonds is 4. The Morgan fingerprint density at radius 2 is 2.00 bits per heavy atom. The van der Waals surface area contributed by atoms with Gasteiger partial charge in [-0.25, -0.2) is 9.38 Å². The van der Waals surface area contributed by atoms with Gasteiger partial charge in [0.25, 0.3) is 6.02 Å². The van der Waals surface area contributed by atoms with Gasteiger partial charge in [-0.2, -0.15) is 0 Å². The SMILES string of the molecule is FC1C(Cl)CCCC1C(CC1CCCCC1)NC1=NCCO1. The van der Waals surface area contributed by atoms with E-state index in [2.05, 4.69) is 10.3 Å². The van der Waals surface area contributed by atoms with Gasteiger partial charge >= 0.3 is 0 Å². The van der Waals surface area contributed by atoms with E-state index in [1.165, 1.54) is 32.1 Å². The largest absolute Gasteiger partial charge is 0.463 e. The first-order valence-electron chi connectivity index (χ1n) is 8.96. The fraction of sp³-hybridized carbons (Fsp3) is 0.941. The van der Waals surface area contributed by atoms with Crippen molar-refractivity contribution in [2.24, 2.45) is 16.8 Å². The van der Waals surface area contributed by atoms with E-state index in [4.69, 9.17) is 16.3 Å². The number of ether oxygens (including phenoxy) is 1. The molecule has 0 amide bonds. The number of hydrogen-bond acceptors (Lipinski definition) is 3. The summed E-state index contributed by atoms with van der Waals surface area (Å²) in [5.41, 5.74) is 0. The van der Waals surface area contributed by atoms with Crippen LogP contribution >= 0.6 is 11.6 Å². The molecular formula is C17H28ClFN2O. The highest BCUT2D eigenvalue weighted by molar-refractivity contribution is 6.21. The average molecular weight is 331 g/mol. The zero-order chi connectivity index (χ0) is 15.4. The highest BCUT2D eigenvalue weighted by Crippen LogP contribution is 2.37. The average Bonchev–Trinajstić information content (AvgIpc) is 3.03. The molecule has 1 heterocycles. The lowest BCUT2D eigenvalue weighted by Gasteiger charge is -2.38. The lowest BCUT2D eigenvalue weighted by Crippen LogP contribution is -2.48. The number of nitrogens with zero attached hydrogens (tertiary/aromatic N) is 1. The van der Waals surface area contributed by atoms with Gasteiger partial charge in [-0.3, -0.25) is 0 Å². The third kappa shape index (κ3) is 4.06. The fourth-order valence-electron chi connectivity index (χ4n) is 4.26. The van der Waals surface area contributed by atoms with E-state index in [-0.39, 0.29) is 17.3 Å². The van der Waals surface area contributed by atoms with Crippen molar-refractivity contribution in [3.63, 3.8) is 0 Å². The lowest BCUT2D eigenvalue weighted by molar-refractivity contribution is 0.120. The quantitative estimate of drug-likeness (QED) is 0.789. The van der Waals surface area contributed by atoms with Crippen LogP contribution in [0.2, 0.25) is 0 Å². The van der Waals surface area contributed by atoms with Gasteiger partial charge in [0.15, 0.2) is 0 Å². The zero-order valence-corrected chi connectivity index (χ0v) is 14.0. The number of alkyl halides is 2. The van der Waals surface area contributed by atoms with E-state index in [1.807, 2.05) is 0 Å². The third-order valence-electron chi connectivity index (χ3n) is 5.50. The fourth-order valence-corrected chi connectivity index (χ4v) is 4.60. The third-order valence-corrected chi connectivity index (χ3v) is 5.95. The van der Waals surface area contributed by atoms with E-state index in [0.29, 0.717) is 25.1 Å². The topological polar surface area (TPSA) is 33.6 Å². The normalized spacial score (nSPS) is 34.8. The number of halogens is 2. The molecule has 2 aliphatic carbocycles. The maximum Gasteiger partial charge on any atom is 0.285 e. The molecule has 2 fully saturated rings. The van der Waals surface area contributed by atoms with E-state index < -0.39 is 6.17 Å². The van der Waals surface area contributed by atoms with Crippen molar-refractivity contribution in [3.05, 3.63) is 0 Å². The Morgan fingerprint density at radius 1 is 1.18 bits per heavy atom. The first-order valence-corrected chi connectivity index (χ1v) is 9.39. The van der Waals surface area contributed by atoms with Gasteiger partial charge in [-0.05, 0) is 25.2 Å². The summed E-state index contributed by atoms with van der Waals surface area (Å²) in [5, 5.41) is 3.08. The Kier molecular flexibility index (Phi) is 5.83. The van der Waals surface area contributed by atoms with Crippen molar-refractivity contribution in [3.8, 4) is 0 Å². The molecule has 3 nitrogen and oxygen atoms in total. The van der Waals surface area contributed by atoms with Crippen molar-refractivity contribution in [1.82, 2.24) is 5.32 Å². The van der Waals surface area contributed by atoms with Crippen molar-refractivity contribution >= 4 is 17.6 Å². The Labute approximate surface area is 138 Å². The van der Waals surface area contributed by atoms with E-state index in [9.17, 15) is 4.39 Å². The minimum atomic E-state index is -0.918. The monoisotopic (exact) mass is 330 g/mol. The van der Waals surface area contributed by atoms with Crippen molar-refractivity contribution in [1.29, 1.82) is 0 Å². The molecule has 4 unspecified atom stereocenters. The van der Waals surface area contributed by atoms with Gasteiger partial charge < -0.3 is 10.1 Å². The predicted molar refractivity (Wildman–Crippen MR) is 88.2 cm³/mol. The molecule has 5 heteroatoms. The number of hydrogen-bond donors (Lipinski definition) is 1. The van der Waals surface area contributed by atoms with E-state index in [1.54, 1.807) is 0 Å². The second kappa shape index (κ2) is 7.85. The summed E-state index contributed by atoms with van der Waals surface area (Å²) in [4.78, 5) is 4.34. The van der Waals surface area contributed by atoms with Crippen LogP contribution in [0, 0.1) is 11.8 Å². The zero-order valence-electron chi connectivity index (χ0n) is 13.3. The van der Waals surface area contributed by atoms with Gasteiger partial charge in [0.1, 0.15) is 12.8 Å². The standard InChI is InChI=1S/C17H28ClFN2O/c18-14-8-4-7-13(16(14)19)15(21-17-20-9-10-22-17)11-12-5-2-1-3-6-12/h12-16H,1-11H2,(H,20,21). The van der Waals surface area contributed by atoms with Crippen LogP contribution in [0.15, 0.2) is 4.99 Å². The predicted octanol–water partition coefficient (Wildman–Crippen LogP) is 4.05. The molecule has 0 aromatic rings. The van der Waals surface area contributed by atoms with Crippen LogP contribution in [0.1, 0.15) is 57.8 Å². The summed E-state index contributed by atoms with van der Waals surface area (Å²) >= 11 is 6.20. The second-order valence-electron chi connectivity index (χ2n) is 7.08. The van der Waals surface area contributed by atoms with Gasteiger partial charge in [0.05, 0.1) is 11.9 Å². The minimum Gasteiger partial charge on any atom is -0.463 e. The van der Waals surface area contributed by atoms with Crippen LogP contribution < -0.4 is 5.32 Å². The molecule has 0 radical (unpaired) electrons. The molecule has 2 saturated carbocycles. The molecule has 22 heavy (non-hydrogen) atoms. The van der Waals surface area contributed by atoms with Gasteiger partial charge in [-0.1, -0.05) is 38.5 Å². The first kappa shape index (κ1) is 16.4. The van der Waals surface area contributed by atoms with E-state index in [0.717, 1.165) is 25.7 Å².